The Morgan fingerprint density at radius 2 is 1.90 bits per heavy atom. The average Bonchev–Trinajstić information content (AvgIpc) is 2.69. The number of aromatic nitrogens is 1. The van der Waals surface area contributed by atoms with Crippen LogP contribution in [0.4, 0.5) is 5.69 Å². The van der Waals surface area contributed by atoms with Gasteiger partial charge in [-0.05, 0) is 55.2 Å². The Morgan fingerprint density at radius 1 is 1.21 bits per heavy atom. The summed E-state index contributed by atoms with van der Waals surface area (Å²) in [5, 5.41) is 20.6. The van der Waals surface area contributed by atoms with Crippen LogP contribution in [-0.4, -0.2) is 22.0 Å². The number of carbonyl (C=O) groups is 1. The van der Waals surface area contributed by atoms with Gasteiger partial charge in [0.25, 0.3) is 12.1 Å². The van der Waals surface area contributed by atoms with Crippen LogP contribution in [0.2, 0.25) is 5.02 Å². The highest BCUT2D eigenvalue weighted by atomic mass is 35.5. The zero-order chi connectivity index (χ0) is 21.2. The summed E-state index contributed by atoms with van der Waals surface area (Å²) in [5.41, 5.74) is 1.03. The predicted octanol–water partition coefficient (Wildman–Crippen LogP) is 4.00. The van der Waals surface area contributed by atoms with Crippen molar-refractivity contribution < 1.29 is 9.72 Å². The number of nitrogens with one attached hydrogen (secondary N) is 3. The van der Waals surface area contributed by atoms with Crippen LogP contribution >= 0.6 is 11.6 Å². The molecule has 0 aliphatic heterocycles. The molecular weight excluding hydrogens is 394 g/mol. The van der Waals surface area contributed by atoms with Crippen LogP contribution in [0.25, 0.3) is 0 Å². The summed E-state index contributed by atoms with van der Waals surface area (Å²) < 4.78 is 0. The molecule has 2 aromatic rings. The van der Waals surface area contributed by atoms with Gasteiger partial charge < -0.3 is 16.0 Å². The van der Waals surface area contributed by atoms with Gasteiger partial charge in [-0.15, -0.1) is 0 Å². The molecule has 1 aromatic carbocycles. The number of carbonyl (C=O) groups excluding carboxylic acids is 1. The number of nitrogens with zero attached hydrogens (tertiary/aromatic N) is 2. The number of benzene rings is 1. The summed E-state index contributed by atoms with van der Waals surface area (Å²) in [7, 11) is 0. The monoisotopic (exact) mass is 417 g/mol. The van der Waals surface area contributed by atoms with E-state index in [-0.39, 0.29) is 17.6 Å². The number of halogens is 1. The molecule has 154 valence electrons. The molecule has 0 aliphatic carbocycles. The molecule has 1 atom stereocenters. The van der Waals surface area contributed by atoms with Crippen molar-refractivity contribution >= 4 is 23.2 Å². The zero-order valence-corrected chi connectivity index (χ0v) is 17.0. The second kappa shape index (κ2) is 11.0. The Hall–Kier alpha value is -3.13. The van der Waals surface area contributed by atoms with Crippen molar-refractivity contribution in [3.8, 4) is 0 Å². The molecule has 1 heterocycles. The van der Waals surface area contributed by atoms with Gasteiger partial charge in [-0.1, -0.05) is 25.4 Å². The van der Waals surface area contributed by atoms with Crippen LogP contribution in [0.15, 0.2) is 60.8 Å². The van der Waals surface area contributed by atoms with Crippen LogP contribution in [0.1, 0.15) is 37.0 Å². The second-order valence-electron chi connectivity index (χ2n) is 6.37. The van der Waals surface area contributed by atoms with Crippen molar-refractivity contribution in [2.75, 3.05) is 5.32 Å². The molecule has 8 nitrogen and oxygen atoms in total. The van der Waals surface area contributed by atoms with E-state index >= 15 is 0 Å². The normalized spacial score (nSPS) is 12.3. The van der Waals surface area contributed by atoms with E-state index in [2.05, 4.69) is 20.9 Å². The third-order valence-corrected chi connectivity index (χ3v) is 4.65. The number of hydrogen-bond donors (Lipinski definition) is 3. The third kappa shape index (κ3) is 7.08. The van der Waals surface area contributed by atoms with E-state index in [0.29, 0.717) is 16.3 Å². The fourth-order valence-electron chi connectivity index (χ4n) is 2.83. The second-order valence-corrected chi connectivity index (χ2v) is 6.81. The Bertz CT molecular complexity index is 839. The lowest BCUT2D eigenvalue weighted by atomic mass is 9.99. The summed E-state index contributed by atoms with van der Waals surface area (Å²) in [5.74, 6) is -0.0960. The molecule has 0 bridgehead atoms. The predicted molar refractivity (Wildman–Crippen MR) is 113 cm³/mol. The molecule has 2 rings (SSSR count). The third-order valence-electron chi connectivity index (χ3n) is 4.40. The van der Waals surface area contributed by atoms with E-state index in [0.717, 1.165) is 19.0 Å². The van der Waals surface area contributed by atoms with E-state index in [1.807, 2.05) is 13.8 Å². The Balaban J connectivity index is 2.23. The van der Waals surface area contributed by atoms with Crippen LogP contribution in [0.5, 0.6) is 0 Å². The van der Waals surface area contributed by atoms with Crippen LogP contribution < -0.4 is 16.0 Å². The Morgan fingerprint density at radius 3 is 2.45 bits per heavy atom. The van der Waals surface area contributed by atoms with Crippen molar-refractivity contribution in [1.29, 1.82) is 0 Å². The topological polar surface area (TPSA) is 109 Å². The smallest absolute Gasteiger partial charge is 0.274 e. The highest BCUT2D eigenvalue weighted by Gasteiger charge is 2.23. The van der Waals surface area contributed by atoms with E-state index in [1.54, 1.807) is 48.8 Å². The van der Waals surface area contributed by atoms with Gasteiger partial charge in [0.1, 0.15) is 6.17 Å². The fraction of sp³-hybridized carbons (Fsp3) is 0.300. The van der Waals surface area contributed by atoms with Gasteiger partial charge in [0.05, 0.1) is 16.8 Å². The van der Waals surface area contributed by atoms with Crippen molar-refractivity contribution in [3.05, 3.63) is 81.5 Å². The summed E-state index contributed by atoms with van der Waals surface area (Å²) in [6, 6.07) is 9.98. The molecule has 0 spiro atoms. The van der Waals surface area contributed by atoms with Gasteiger partial charge in [-0.3, -0.25) is 19.9 Å². The number of nitro groups is 1. The first-order chi connectivity index (χ1) is 13.9. The SMILES string of the molecule is CCC(CC)C(NC(=O)c1ccc(Cl)cc1)NC(=C[N+](=O)[O-])Nc1cccnc1. The largest absolute Gasteiger partial charge is 0.346 e. The quantitative estimate of drug-likeness (QED) is 0.306. The van der Waals surface area contributed by atoms with Gasteiger partial charge in [-0.25, -0.2) is 0 Å². The van der Waals surface area contributed by atoms with Gasteiger partial charge >= 0.3 is 0 Å². The lowest BCUT2D eigenvalue weighted by Gasteiger charge is -2.29. The fourth-order valence-corrected chi connectivity index (χ4v) is 2.95. The van der Waals surface area contributed by atoms with Crippen LogP contribution in [0.3, 0.4) is 0 Å². The summed E-state index contributed by atoms with van der Waals surface area (Å²) in [6.07, 6.45) is 5.00. The van der Waals surface area contributed by atoms with Crippen LogP contribution in [-0.2, 0) is 0 Å². The zero-order valence-electron chi connectivity index (χ0n) is 16.3. The molecule has 0 aliphatic rings. The maximum Gasteiger partial charge on any atom is 0.274 e. The average molecular weight is 418 g/mol. The van der Waals surface area contributed by atoms with E-state index < -0.39 is 11.1 Å². The molecule has 0 radical (unpaired) electrons. The molecule has 1 aromatic heterocycles. The van der Waals surface area contributed by atoms with Gasteiger partial charge in [0.2, 0.25) is 0 Å². The van der Waals surface area contributed by atoms with Crippen molar-refractivity contribution in [2.24, 2.45) is 5.92 Å². The van der Waals surface area contributed by atoms with Gasteiger partial charge in [-0.2, -0.15) is 0 Å². The summed E-state index contributed by atoms with van der Waals surface area (Å²) in [6.45, 7) is 4.01. The standard InChI is InChI=1S/C20H24ClN5O3/c1-3-14(4-2)19(25-20(27)15-7-9-16(21)10-8-15)24-18(13-26(28)29)23-17-6-5-11-22-12-17/h5-14,19,23-24H,3-4H2,1-2H3,(H,25,27). The molecule has 0 saturated heterocycles. The maximum atomic E-state index is 12.7. The van der Waals surface area contributed by atoms with Crippen molar-refractivity contribution in [1.82, 2.24) is 15.6 Å². The molecule has 3 N–H and O–H groups in total. The molecule has 1 amide bonds. The number of rotatable bonds is 10. The Labute approximate surface area is 174 Å². The van der Waals surface area contributed by atoms with Gasteiger partial charge in [0.15, 0.2) is 5.82 Å². The molecule has 9 heteroatoms. The molecular formula is C20H24ClN5O3. The first kappa shape index (κ1) is 22.2. The number of anilines is 1. The van der Waals surface area contributed by atoms with Gasteiger partial charge in [0, 0.05) is 16.8 Å². The highest BCUT2D eigenvalue weighted by Crippen LogP contribution is 2.16. The number of amides is 1. The van der Waals surface area contributed by atoms with Crippen LogP contribution in [0, 0.1) is 16.0 Å². The lowest BCUT2D eigenvalue weighted by molar-refractivity contribution is -0.403. The summed E-state index contributed by atoms with van der Waals surface area (Å²) >= 11 is 5.88. The first-order valence-electron chi connectivity index (χ1n) is 9.28. The maximum absolute atomic E-state index is 12.7. The lowest BCUT2D eigenvalue weighted by Crippen LogP contribution is -2.50. The van der Waals surface area contributed by atoms with Crippen molar-refractivity contribution in [3.63, 3.8) is 0 Å². The van der Waals surface area contributed by atoms with E-state index in [1.165, 1.54) is 0 Å². The number of hydrogen-bond acceptors (Lipinski definition) is 6. The number of pyridine rings is 1. The molecule has 0 fully saturated rings. The Kier molecular flexibility index (Phi) is 8.42. The minimum Gasteiger partial charge on any atom is -0.346 e. The summed E-state index contributed by atoms with van der Waals surface area (Å²) in [4.78, 5) is 27.2. The minimum atomic E-state index is -0.559. The minimum absolute atomic E-state index is 0.0529. The van der Waals surface area contributed by atoms with Crippen molar-refractivity contribution in [2.45, 2.75) is 32.9 Å². The van der Waals surface area contributed by atoms with E-state index in [9.17, 15) is 14.9 Å². The molecule has 1 unspecified atom stereocenters. The molecule has 0 saturated carbocycles. The highest BCUT2D eigenvalue weighted by molar-refractivity contribution is 6.30. The van der Waals surface area contributed by atoms with E-state index in [4.69, 9.17) is 11.6 Å². The first-order valence-corrected chi connectivity index (χ1v) is 9.66. The molecule has 29 heavy (non-hydrogen) atoms.